The van der Waals surface area contributed by atoms with Gasteiger partial charge in [-0.3, -0.25) is 0 Å². The SMILES string of the molecule is COc1cc2c(Nc3ccc(Cl)c(Cl)c3)ncnc2cc1OCC(I)Sc1ccccc1N. The van der Waals surface area contributed by atoms with Crippen molar-refractivity contribution < 1.29 is 9.47 Å². The molecule has 0 fully saturated rings. The van der Waals surface area contributed by atoms with Crippen LogP contribution < -0.4 is 20.5 Å². The molecule has 3 N–H and O–H groups in total. The zero-order valence-electron chi connectivity index (χ0n) is 17.4. The van der Waals surface area contributed by atoms with E-state index in [0.717, 1.165) is 21.7 Å². The van der Waals surface area contributed by atoms with Gasteiger partial charge in [-0.05, 0) is 36.4 Å². The number of methoxy groups -OCH3 is 1. The van der Waals surface area contributed by atoms with Crippen LogP contribution in [0.25, 0.3) is 10.9 Å². The molecule has 0 radical (unpaired) electrons. The van der Waals surface area contributed by atoms with Gasteiger partial charge >= 0.3 is 0 Å². The van der Waals surface area contributed by atoms with Crippen LogP contribution in [0.1, 0.15) is 0 Å². The van der Waals surface area contributed by atoms with E-state index in [4.69, 9.17) is 38.4 Å². The number of para-hydroxylation sites is 1. The number of benzene rings is 3. The second-order valence-electron chi connectivity index (χ2n) is 6.87. The van der Waals surface area contributed by atoms with Crippen molar-refractivity contribution >= 4 is 85.7 Å². The first-order valence-corrected chi connectivity index (χ1v) is 12.7. The van der Waals surface area contributed by atoms with Crippen molar-refractivity contribution in [3.05, 3.63) is 71.0 Å². The zero-order valence-corrected chi connectivity index (χ0v) is 21.9. The van der Waals surface area contributed by atoms with Crippen LogP contribution in [-0.2, 0) is 0 Å². The van der Waals surface area contributed by atoms with Crippen LogP contribution in [-0.4, -0.2) is 26.9 Å². The summed E-state index contributed by atoms with van der Waals surface area (Å²) in [6.07, 6.45) is 1.49. The Morgan fingerprint density at radius 1 is 1.06 bits per heavy atom. The summed E-state index contributed by atoms with van der Waals surface area (Å²) in [6.45, 7) is 0.459. The summed E-state index contributed by atoms with van der Waals surface area (Å²) < 4.78 is 11.8. The molecule has 1 aromatic heterocycles. The van der Waals surface area contributed by atoms with Gasteiger partial charge in [0.15, 0.2) is 11.5 Å². The molecule has 3 aromatic carbocycles. The first-order valence-electron chi connectivity index (χ1n) is 9.77. The number of hydrogen-bond donors (Lipinski definition) is 2. The van der Waals surface area contributed by atoms with Gasteiger partial charge in [-0.15, -0.1) is 11.8 Å². The lowest BCUT2D eigenvalue weighted by molar-refractivity contribution is 0.312. The number of nitrogens with zero attached hydrogens (tertiary/aromatic N) is 2. The normalized spacial score (nSPS) is 11.9. The molecule has 0 aliphatic heterocycles. The number of fused-ring (bicyclic) bond motifs is 1. The number of nitrogens with one attached hydrogen (secondary N) is 1. The minimum Gasteiger partial charge on any atom is -0.493 e. The van der Waals surface area contributed by atoms with E-state index in [0.29, 0.717) is 39.5 Å². The third-order valence-electron chi connectivity index (χ3n) is 4.65. The van der Waals surface area contributed by atoms with Crippen molar-refractivity contribution in [2.75, 3.05) is 24.8 Å². The molecule has 1 atom stereocenters. The number of nitrogens with two attached hydrogens (primary N) is 1. The standard InChI is InChI=1S/C23H19Cl2IN4O2S/c1-31-19-9-14-18(28-12-29-23(14)30-13-6-7-15(24)16(25)8-13)10-20(19)32-11-22(26)33-21-5-3-2-4-17(21)27/h2-10,12,22H,11,27H2,1H3,(H,28,29,30). The van der Waals surface area contributed by atoms with Gasteiger partial charge in [0.1, 0.15) is 18.8 Å². The number of ether oxygens (including phenoxy) is 2. The van der Waals surface area contributed by atoms with E-state index in [1.165, 1.54) is 6.33 Å². The number of rotatable bonds is 8. The summed E-state index contributed by atoms with van der Waals surface area (Å²) in [5.74, 6) is 1.81. The van der Waals surface area contributed by atoms with Crippen molar-refractivity contribution in [3.8, 4) is 11.5 Å². The first-order chi connectivity index (χ1) is 15.9. The Labute approximate surface area is 219 Å². The molecule has 0 aliphatic rings. The Morgan fingerprint density at radius 2 is 1.88 bits per heavy atom. The van der Waals surface area contributed by atoms with Gasteiger partial charge in [0.05, 0.1) is 25.9 Å². The Hall–Kier alpha value is -2.14. The number of anilines is 3. The van der Waals surface area contributed by atoms with Crippen molar-refractivity contribution in [2.45, 2.75) is 8.15 Å². The Kier molecular flexibility index (Phi) is 7.90. The minimum absolute atomic E-state index is 0.144. The van der Waals surface area contributed by atoms with Crippen LogP contribution >= 0.6 is 57.6 Å². The van der Waals surface area contributed by atoms with E-state index in [-0.39, 0.29) is 3.26 Å². The second kappa shape index (κ2) is 10.9. The average Bonchev–Trinajstić information content (AvgIpc) is 2.81. The Morgan fingerprint density at radius 3 is 2.64 bits per heavy atom. The van der Waals surface area contributed by atoms with Crippen molar-refractivity contribution in [1.29, 1.82) is 0 Å². The van der Waals surface area contributed by atoms with Gasteiger partial charge in [-0.1, -0.05) is 57.9 Å². The van der Waals surface area contributed by atoms with Crippen LogP contribution in [0.15, 0.2) is 65.8 Å². The van der Waals surface area contributed by atoms with Crippen molar-refractivity contribution in [1.82, 2.24) is 9.97 Å². The summed E-state index contributed by atoms with van der Waals surface area (Å²) in [6, 6.07) is 16.8. The van der Waals surface area contributed by atoms with Crippen LogP contribution in [0.4, 0.5) is 17.2 Å². The minimum atomic E-state index is 0.144. The lowest BCUT2D eigenvalue weighted by Gasteiger charge is -2.16. The quantitative estimate of drug-likeness (QED) is 0.0942. The molecule has 170 valence electrons. The van der Waals surface area contributed by atoms with Gasteiger partial charge in [-0.25, -0.2) is 9.97 Å². The van der Waals surface area contributed by atoms with E-state index < -0.39 is 0 Å². The largest absolute Gasteiger partial charge is 0.493 e. The average molecular weight is 613 g/mol. The van der Waals surface area contributed by atoms with Crippen LogP contribution in [0.2, 0.25) is 10.0 Å². The molecule has 33 heavy (non-hydrogen) atoms. The first kappa shape index (κ1) is 24.0. The van der Waals surface area contributed by atoms with E-state index in [1.807, 2.05) is 42.5 Å². The number of alkyl halides is 1. The Bertz CT molecular complexity index is 1290. The molecule has 10 heteroatoms. The van der Waals surface area contributed by atoms with Crippen LogP contribution in [0, 0.1) is 0 Å². The molecule has 0 spiro atoms. The molecular formula is C23H19Cl2IN4O2S. The molecule has 6 nitrogen and oxygen atoms in total. The highest BCUT2D eigenvalue weighted by Crippen LogP contribution is 2.37. The van der Waals surface area contributed by atoms with E-state index in [9.17, 15) is 0 Å². The molecule has 4 aromatic rings. The Balaban J connectivity index is 1.54. The summed E-state index contributed by atoms with van der Waals surface area (Å²) in [5.41, 5.74) is 8.28. The van der Waals surface area contributed by atoms with Crippen molar-refractivity contribution in [3.63, 3.8) is 0 Å². The summed E-state index contributed by atoms with van der Waals surface area (Å²) in [5, 5.41) is 4.99. The van der Waals surface area contributed by atoms with Gasteiger partial charge in [0, 0.05) is 27.7 Å². The second-order valence-corrected chi connectivity index (χ2v) is 11.3. The fraction of sp³-hybridized carbons (Fsp3) is 0.130. The lowest BCUT2D eigenvalue weighted by Crippen LogP contribution is -2.09. The molecule has 0 saturated carbocycles. The van der Waals surface area contributed by atoms with Crippen molar-refractivity contribution in [2.24, 2.45) is 0 Å². The highest BCUT2D eigenvalue weighted by atomic mass is 127. The fourth-order valence-electron chi connectivity index (χ4n) is 3.06. The third kappa shape index (κ3) is 5.87. The number of halogens is 3. The molecule has 4 rings (SSSR count). The zero-order chi connectivity index (χ0) is 23.4. The van der Waals surface area contributed by atoms with Gasteiger partial charge in [0.25, 0.3) is 0 Å². The molecule has 0 saturated heterocycles. The monoisotopic (exact) mass is 612 g/mol. The summed E-state index contributed by atoms with van der Waals surface area (Å²) >= 11 is 16.1. The molecule has 0 aliphatic carbocycles. The topological polar surface area (TPSA) is 82.3 Å². The number of thioether (sulfide) groups is 1. The third-order valence-corrected chi connectivity index (χ3v) is 7.53. The van der Waals surface area contributed by atoms with E-state index in [1.54, 1.807) is 31.0 Å². The molecule has 1 unspecified atom stereocenters. The highest BCUT2D eigenvalue weighted by molar-refractivity contribution is 14.1. The molecule has 0 bridgehead atoms. The lowest BCUT2D eigenvalue weighted by atomic mass is 10.2. The molecule has 1 heterocycles. The molecular weight excluding hydrogens is 594 g/mol. The summed E-state index contributed by atoms with van der Waals surface area (Å²) in [4.78, 5) is 9.80. The predicted molar refractivity (Wildman–Crippen MR) is 146 cm³/mol. The maximum atomic E-state index is 6.14. The maximum Gasteiger partial charge on any atom is 0.163 e. The van der Waals surface area contributed by atoms with Gasteiger partial charge in [-0.2, -0.15) is 0 Å². The van der Waals surface area contributed by atoms with Crippen LogP contribution in [0.5, 0.6) is 11.5 Å². The number of aromatic nitrogens is 2. The number of hydrogen-bond acceptors (Lipinski definition) is 7. The smallest absolute Gasteiger partial charge is 0.163 e. The van der Waals surface area contributed by atoms with E-state index >= 15 is 0 Å². The van der Waals surface area contributed by atoms with Gasteiger partial charge in [0.2, 0.25) is 0 Å². The van der Waals surface area contributed by atoms with E-state index in [2.05, 4.69) is 37.9 Å². The summed E-state index contributed by atoms with van der Waals surface area (Å²) in [7, 11) is 1.60. The maximum absolute atomic E-state index is 6.14. The predicted octanol–water partition coefficient (Wildman–Crippen LogP) is 7.20. The fourth-order valence-corrected chi connectivity index (χ4v) is 5.13. The van der Waals surface area contributed by atoms with Gasteiger partial charge < -0.3 is 20.5 Å². The van der Waals surface area contributed by atoms with Crippen LogP contribution in [0.3, 0.4) is 0 Å². The molecule has 0 amide bonds. The number of nitrogen functional groups attached to an aromatic ring is 1. The highest BCUT2D eigenvalue weighted by Gasteiger charge is 2.15.